The molecular weight excluding hydrogens is 234 g/mol. The van der Waals surface area contributed by atoms with Gasteiger partial charge in [-0.15, -0.1) is 0 Å². The number of carboxylic acids is 1. The van der Waals surface area contributed by atoms with Crippen molar-refractivity contribution >= 4 is 17.5 Å². The highest BCUT2D eigenvalue weighted by molar-refractivity contribution is 6.17. The monoisotopic (exact) mass is 247 g/mol. The van der Waals surface area contributed by atoms with Gasteiger partial charge in [-0.3, -0.25) is 19.3 Å². The summed E-state index contributed by atoms with van der Waals surface area (Å²) in [6, 6.07) is -0.769. The molecule has 1 aliphatic carbocycles. The molecule has 0 bridgehead atoms. The zero-order valence-electron chi connectivity index (χ0n) is 9.70. The van der Waals surface area contributed by atoms with Crippen molar-refractivity contribution in [3.63, 3.8) is 0 Å². The summed E-state index contributed by atoms with van der Waals surface area (Å²) in [5.74, 6) is -1.53. The first-order valence-electron chi connectivity index (χ1n) is 5.66. The molecule has 5 heteroatoms. The molecule has 1 atom stereocenters. The van der Waals surface area contributed by atoms with E-state index in [9.17, 15) is 19.5 Å². The van der Waals surface area contributed by atoms with E-state index in [0.717, 1.165) is 0 Å². The van der Waals surface area contributed by atoms with Crippen LogP contribution in [0.5, 0.6) is 0 Å². The summed E-state index contributed by atoms with van der Waals surface area (Å²) < 4.78 is 0. The molecule has 0 aromatic rings. The van der Waals surface area contributed by atoms with E-state index in [0.29, 0.717) is 13.1 Å². The lowest BCUT2D eigenvalue weighted by molar-refractivity contribution is -0.142. The minimum atomic E-state index is -0.977. The van der Waals surface area contributed by atoms with Crippen LogP contribution >= 0.6 is 0 Å². The Morgan fingerprint density at radius 1 is 1.28 bits per heavy atom. The third kappa shape index (κ3) is 2.62. The van der Waals surface area contributed by atoms with Crippen LogP contribution < -0.4 is 0 Å². The fourth-order valence-corrected chi connectivity index (χ4v) is 2.05. The fraction of sp³-hybridized carbons (Fsp3) is 0.308. The molecule has 0 amide bonds. The molecule has 94 valence electrons. The molecule has 0 saturated carbocycles. The molecule has 1 N–H and O–H groups in total. The van der Waals surface area contributed by atoms with Gasteiger partial charge in [0, 0.05) is 25.1 Å². The number of nitrogens with zero attached hydrogens (tertiary/aromatic N) is 1. The van der Waals surface area contributed by atoms with E-state index >= 15 is 0 Å². The van der Waals surface area contributed by atoms with E-state index in [1.807, 2.05) is 12.2 Å². The van der Waals surface area contributed by atoms with Crippen LogP contribution in [0.15, 0.2) is 36.0 Å². The van der Waals surface area contributed by atoms with Crippen LogP contribution in [0.4, 0.5) is 0 Å². The second-order valence-electron chi connectivity index (χ2n) is 4.25. The van der Waals surface area contributed by atoms with Gasteiger partial charge in [-0.2, -0.15) is 0 Å². The highest BCUT2D eigenvalue weighted by Gasteiger charge is 2.29. The van der Waals surface area contributed by atoms with Gasteiger partial charge in [-0.05, 0) is 18.2 Å². The SMILES string of the molecule is O=C1C=CC(=O)C(CC(C(=O)O)N2CC=CC2)=C1. The molecule has 2 aliphatic rings. The number of carbonyl (C=O) groups excluding carboxylic acids is 2. The summed E-state index contributed by atoms with van der Waals surface area (Å²) in [6.45, 7) is 1.12. The smallest absolute Gasteiger partial charge is 0.321 e. The first kappa shape index (κ1) is 12.4. The van der Waals surface area contributed by atoms with Crippen LogP contribution in [0.3, 0.4) is 0 Å². The molecule has 2 rings (SSSR count). The minimum absolute atomic E-state index is 0.0614. The maximum Gasteiger partial charge on any atom is 0.321 e. The molecule has 5 nitrogen and oxygen atoms in total. The maximum atomic E-state index is 11.6. The van der Waals surface area contributed by atoms with Crippen LogP contribution in [-0.2, 0) is 14.4 Å². The van der Waals surface area contributed by atoms with Gasteiger partial charge in [0.2, 0.25) is 0 Å². The molecule has 0 spiro atoms. The Morgan fingerprint density at radius 3 is 2.56 bits per heavy atom. The van der Waals surface area contributed by atoms with Gasteiger partial charge in [0.05, 0.1) is 0 Å². The molecular formula is C13H13NO4. The van der Waals surface area contributed by atoms with E-state index in [1.54, 1.807) is 4.90 Å². The number of aliphatic carboxylic acids is 1. The highest BCUT2D eigenvalue weighted by Crippen LogP contribution is 2.18. The molecule has 0 fully saturated rings. The summed E-state index contributed by atoms with van der Waals surface area (Å²) in [5.41, 5.74) is 0.266. The summed E-state index contributed by atoms with van der Waals surface area (Å²) in [5, 5.41) is 9.21. The van der Waals surface area contributed by atoms with Gasteiger partial charge in [-0.25, -0.2) is 0 Å². The third-order valence-corrected chi connectivity index (χ3v) is 3.02. The lowest BCUT2D eigenvalue weighted by Gasteiger charge is -2.24. The largest absolute Gasteiger partial charge is 0.480 e. The number of rotatable bonds is 4. The Labute approximate surface area is 104 Å². The van der Waals surface area contributed by atoms with Crippen molar-refractivity contribution in [2.75, 3.05) is 13.1 Å². The quantitative estimate of drug-likeness (QED) is 0.572. The molecule has 1 unspecified atom stereocenters. The lowest BCUT2D eigenvalue weighted by atomic mass is 9.96. The summed E-state index contributed by atoms with van der Waals surface area (Å²) in [7, 11) is 0. The highest BCUT2D eigenvalue weighted by atomic mass is 16.4. The number of carbonyl (C=O) groups is 3. The predicted molar refractivity (Wildman–Crippen MR) is 64.0 cm³/mol. The lowest BCUT2D eigenvalue weighted by Crippen LogP contribution is -2.40. The Morgan fingerprint density at radius 2 is 1.94 bits per heavy atom. The zero-order chi connectivity index (χ0) is 13.1. The van der Waals surface area contributed by atoms with Gasteiger partial charge in [0.25, 0.3) is 0 Å². The normalized spacial score (nSPS) is 21.2. The Balaban J connectivity index is 2.12. The van der Waals surface area contributed by atoms with Crippen LogP contribution in [0.2, 0.25) is 0 Å². The van der Waals surface area contributed by atoms with E-state index < -0.39 is 12.0 Å². The van der Waals surface area contributed by atoms with Crippen LogP contribution in [-0.4, -0.2) is 46.7 Å². The first-order chi connectivity index (χ1) is 8.58. The van der Waals surface area contributed by atoms with Gasteiger partial charge >= 0.3 is 5.97 Å². The van der Waals surface area contributed by atoms with Gasteiger partial charge in [0.1, 0.15) is 6.04 Å². The Kier molecular flexibility index (Phi) is 3.53. The van der Waals surface area contributed by atoms with E-state index in [-0.39, 0.29) is 23.6 Å². The summed E-state index contributed by atoms with van der Waals surface area (Å²) in [6.07, 6.45) is 7.45. The second kappa shape index (κ2) is 5.10. The van der Waals surface area contributed by atoms with E-state index in [1.165, 1.54) is 18.2 Å². The van der Waals surface area contributed by atoms with Gasteiger partial charge in [-0.1, -0.05) is 12.2 Å². The Bertz CT molecular complexity index is 479. The van der Waals surface area contributed by atoms with Crippen molar-refractivity contribution in [3.8, 4) is 0 Å². The van der Waals surface area contributed by atoms with Crippen molar-refractivity contribution in [3.05, 3.63) is 36.0 Å². The van der Waals surface area contributed by atoms with Crippen molar-refractivity contribution < 1.29 is 19.5 Å². The van der Waals surface area contributed by atoms with E-state index in [2.05, 4.69) is 0 Å². The number of allylic oxidation sites excluding steroid dienone is 3. The summed E-state index contributed by atoms with van der Waals surface area (Å²) >= 11 is 0. The minimum Gasteiger partial charge on any atom is -0.480 e. The molecule has 1 aliphatic heterocycles. The molecule has 0 aromatic carbocycles. The number of ketones is 2. The van der Waals surface area contributed by atoms with Crippen LogP contribution in [0, 0.1) is 0 Å². The van der Waals surface area contributed by atoms with Gasteiger partial charge in [0.15, 0.2) is 11.6 Å². The topological polar surface area (TPSA) is 74.7 Å². The predicted octanol–water partition coefficient (Wildman–Crippen LogP) is 0.336. The second-order valence-corrected chi connectivity index (χ2v) is 4.25. The molecule has 1 heterocycles. The first-order valence-corrected chi connectivity index (χ1v) is 5.66. The van der Waals surface area contributed by atoms with Crippen molar-refractivity contribution in [1.82, 2.24) is 4.90 Å². The third-order valence-electron chi connectivity index (χ3n) is 3.02. The number of carboxylic acid groups (broad SMARTS) is 1. The number of hydrogen-bond acceptors (Lipinski definition) is 4. The fourth-order valence-electron chi connectivity index (χ4n) is 2.05. The van der Waals surface area contributed by atoms with Crippen molar-refractivity contribution in [2.24, 2.45) is 0 Å². The van der Waals surface area contributed by atoms with Crippen molar-refractivity contribution in [1.29, 1.82) is 0 Å². The van der Waals surface area contributed by atoms with Crippen molar-refractivity contribution in [2.45, 2.75) is 12.5 Å². The molecule has 0 aromatic heterocycles. The molecule has 0 radical (unpaired) electrons. The summed E-state index contributed by atoms with van der Waals surface area (Å²) in [4.78, 5) is 35.8. The molecule has 0 saturated heterocycles. The maximum absolute atomic E-state index is 11.6. The number of hydrogen-bond donors (Lipinski definition) is 1. The Hall–Kier alpha value is -2.01. The molecule has 18 heavy (non-hydrogen) atoms. The van der Waals surface area contributed by atoms with Crippen LogP contribution in [0.1, 0.15) is 6.42 Å². The average molecular weight is 247 g/mol. The van der Waals surface area contributed by atoms with Gasteiger partial charge < -0.3 is 5.11 Å². The van der Waals surface area contributed by atoms with Crippen LogP contribution in [0.25, 0.3) is 0 Å². The zero-order valence-corrected chi connectivity index (χ0v) is 9.70. The average Bonchev–Trinajstić information content (AvgIpc) is 2.83. The standard InChI is InChI=1S/C13H13NO4/c15-10-3-4-12(16)9(7-10)8-11(13(17)18)14-5-1-2-6-14/h1-4,7,11H,5-6,8H2,(H,17,18). The van der Waals surface area contributed by atoms with E-state index in [4.69, 9.17) is 0 Å².